The molecule has 1 aliphatic carbocycles. The minimum Gasteiger partial charge on any atom is -0.391 e. The summed E-state index contributed by atoms with van der Waals surface area (Å²) >= 11 is 0. The molecule has 0 aromatic rings. The molecule has 1 fully saturated rings. The van der Waals surface area contributed by atoms with Crippen molar-refractivity contribution in [2.75, 3.05) is 6.54 Å². The Labute approximate surface area is 96.2 Å². The van der Waals surface area contributed by atoms with Crippen LogP contribution in [0.2, 0.25) is 0 Å². The van der Waals surface area contributed by atoms with E-state index in [9.17, 15) is 0 Å². The van der Waals surface area contributed by atoms with Crippen molar-refractivity contribution < 1.29 is 4.84 Å². The molecule has 2 aliphatic heterocycles. The van der Waals surface area contributed by atoms with Gasteiger partial charge in [-0.2, -0.15) is 0 Å². The Balaban J connectivity index is 1.58. The number of oxime groups is 1. The van der Waals surface area contributed by atoms with Gasteiger partial charge in [0.25, 0.3) is 0 Å². The van der Waals surface area contributed by atoms with Gasteiger partial charge >= 0.3 is 0 Å². The molecule has 0 aromatic heterocycles. The molecule has 1 saturated heterocycles. The zero-order valence-corrected chi connectivity index (χ0v) is 9.43. The fourth-order valence-corrected chi connectivity index (χ4v) is 2.70. The summed E-state index contributed by atoms with van der Waals surface area (Å²) in [6.45, 7) is 1.13. The van der Waals surface area contributed by atoms with E-state index < -0.39 is 0 Å². The maximum Gasteiger partial charge on any atom is 0.139 e. The van der Waals surface area contributed by atoms with Crippen molar-refractivity contribution in [2.45, 2.75) is 37.8 Å². The van der Waals surface area contributed by atoms with Crippen LogP contribution in [0.5, 0.6) is 0 Å². The molecule has 16 heavy (non-hydrogen) atoms. The van der Waals surface area contributed by atoms with Crippen LogP contribution >= 0.6 is 0 Å². The van der Waals surface area contributed by atoms with E-state index in [1.165, 1.54) is 18.6 Å². The fraction of sp³-hybridized carbons (Fsp3) is 0.615. The average molecular weight is 218 g/mol. The lowest BCUT2D eigenvalue weighted by Crippen LogP contribution is -2.31. The molecule has 0 spiro atoms. The molecular weight excluding hydrogens is 200 g/mol. The number of nitrogens with zero attached hydrogens (tertiary/aromatic N) is 1. The Hall–Kier alpha value is -1.09. The van der Waals surface area contributed by atoms with E-state index in [2.05, 4.69) is 34.8 Å². The van der Waals surface area contributed by atoms with Gasteiger partial charge in [-0.05, 0) is 25.8 Å². The summed E-state index contributed by atoms with van der Waals surface area (Å²) in [5.74, 6) is 0.507. The summed E-state index contributed by atoms with van der Waals surface area (Å²) in [7, 11) is 0. The van der Waals surface area contributed by atoms with E-state index in [4.69, 9.17) is 4.84 Å². The monoisotopic (exact) mass is 218 g/mol. The van der Waals surface area contributed by atoms with Gasteiger partial charge in [0.15, 0.2) is 0 Å². The Morgan fingerprint density at radius 2 is 2.38 bits per heavy atom. The van der Waals surface area contributed by atoms with Gasteiger partial charge in [0.1, 0.15) is 6.10 Å². The maximum atomic E-state index is 5.58. The zero-order chi connectivity index (χ0) is 10.8. The number of hydrogen-bond donors (Lipinski definition) is 1. The van der Waals surface area contributed by atoms with Crippen molar-refractivity contribution in [1.82, 2.24) is 5.32 Å². The second-order valence-electron chi connectivity index (χ2n) is 4.79. The zero-order valence-electron chi connectivity index (χ0n) is 9.43. The lowest BCUT2D eigenvalue weighted by Gasteiger charge is -2.18. The second-order valence-corrected chi connectivity index (χ2v) is 4.79. The van der Waals surface area contributed by atoms with Crippen LogP contribution in [-0.2, 0) is 4.84 Å². The van der Waals surface area contributed by atoms with Crippen molar-refractivity contribution in [2.24, 2.45) is 11.1 Å². The molecule has 2 unspecified atom stereocenters. The van der Waals surface area contributed by atoms with Crippen LogP contribution in [0.25, 0.3) is 0 Å². The Bertz CT molecular complexity index is 340. The van der Waals surface area contributed by atoms with Crippen molar-refractivity contribution >= 4 is 5.71 Å². The Morgan fingerprint density at radius 1 is 1.38 bits per heavy atom. The summed E-state index contributed by atoms with van der Waals surface area (Å²) in [5.41, 5.74) is 1.23. The highest BCUT2D eigenvalue weighted by molar-refractivity contribution is 5.90. The Kier molecular flexibility index (Phi) is 2.79. The van der Waals surface area contributed by atoms with Crippen molar-refractivity contribution in [3.63, 3.8) is 0 Å². The molecule has 3 rings (SSSR count). The van der Waals surface area contributed by atoms with E-state index in [0.29, 0.717) is 12.0 Å². The van der Waals surface area contributed by atoms with Crippen LogP contribution in [0, 0.1) is 5.92 Å². The molecule has 3 aliphatic rings. The molecule has 86 valence electrons. The third-order valence-electron chi connectivity index (χ3n) is 3.67. The Morgan fingerprint density at radius 3 is 3.12 bits per heavy atom. The third kappa shape index (κ3) is 1.92. The molecule has 2 heterocycles. The molecule has 1 N–H and O–H groups in total. The summed E-state index contributed by atoms with van der Waals surface area (Å²) in [6, 6.07) is 0.480. The molecule has 0 radical (unpaired) electrons. The van der Waals surface area contributed by atoms with Gasteiger partial charge in [0.2, 0.25) is 0 Å². The predicted molar refractivity (Wildman–Crippen MR) is 64.3 cm³/mol. The molecule has 3 heteroatoms. The summed E-state index contributed by atoms with van der Waals surface area (Å²) in [4.78, 5) is 5.58. The highest BCUT2D eigenvalue weighted by Crippen LogP contribution is 2.27. The number of nitrogens with one attached hydrogen (secondary N) is 1. The SMILES string of the molecule is C1=CCC(C2CC([C@H]3CCCN3)=NO2)C=C1. The first-order chi connectivity index (χ1) is 7.93. The summed E-state index contributed by atoms with van der Waals surface area (Å²) < 4.78 is 0. The molecule has 0 aromatic carbocycles. The number of allylic oxidation sites excluding steroid dienone is 3. The first kappa shape index (κ1) is 10.1. The van der Waals surface area contributed by atoms with Gasteiger partial charge in [0, 0.05) is 18.4 Å². The fourth-order valence-electron chi connectivity index (χ4n) is 2.70. The number of rotatable bonds is 2. The van der Waals surface area contributed by atoms with E-state index in [1.807, 2.05) is 0 Å². The molecule has 3 atom stereocenters. The topological polar surface area (TPSA) is 33.6 Å². The first-order valence-electron chi connectivity index (χ1n) is 6.23. The smallest absolute Gasteiger partial charge is 0.139 e. The van der Waals surface area contributed by atoms with Crippen LogP contribution in [0.3, 0.4) is 0 Å². The molecular formula is C13H18N2O. The molecule has 0 saturated carbocycles. The standard InChI is InChI=1S/C13H18N2O/c1-2-5-10(6-3-1)13-9-12(15-16-13)11-7-4-8-14-11/h1-3,5,10-11,13-14H,4,6-9H2/t10?,11-,13?/m1/s1. The van der Waals surface area contributed by atoms with Crippen LogP contribution < -0.4 is 5.32 Å². The normalized spacial score (nSPS) is 37.5. The van der Waals surface area contributed by atoms with Crippen LogP contribution in [0.15, 0.2) is 29.5 Å². The van der Waals surface area contributed by atoms with Crippen LogP contribution in [0.4, 0.5) is 0 Å². The van der Waals surface area contributed by atoms with Crippen molar-refractivity contribution in [1.29, 1.82) is 0 Å². The van der Waals surface area contributed by atoms with Crippen LogP contribution in [-0.4, -0.2) is 24.4 Å². The predicted octanol–water partition coefficient (Wildman–Crippen LogP) is 2.02. The van der Waals surface area contributed by atoms with E-state index in [-0.39, 0.29) is 6.10 Å². The van der Waals surface area contributed by atoms with Gasteiger partial charge in [-0.3, -0.25) is 0 Å². The summed E-state index contributed by atoms with van der Waals surface area (Å²) in [5, 5.41) is 7.75. The quantitative estimate of drug-likeness (QED) is 0.769. The van der Waals surface area contributed by atoms with E-state index in [0.717, 1.165) is 19.4 Å². The average Bonchev–Trinajstić information content (AvgIpc) is 3.01. The van der Waals surface area contributed by atoms with E-state index in [1.54, 1.807) is 0 Å². The van der Waals surface area contributed by atoms with Gasteiger partial charge in [-0.1, -0.05) is 29.5 Å². The highest BCUT2D eigenvalue weighted by Gasteiger charge is 2.32. The molecule has 3 nitrogen and oxygen atoms in total. The van der Waals surface area contributed by atoms with Crippen molar-refractivity contribution in [3.05, 3.63) is 24.3 Å². The van der Waals surface area contributed by atoms with E-state index >= 15 is 0 Å². The van der Waals surface area contributed by atoms with Crippen LogP contribution in [0.1, 0.15) is 25.7 Å². The maximum absolute atomic E-state index is 5.58. The van der Waals surface area contributed by atoms with Gasteiger partial charge in [0.05, 0.1) is 5.71 Å². The van der Waals surface area contributed by atoms with Gasteiger partial charge in [-0.25, -0.2) is 0 Å². The van der Waals surface area contributed by atoms with Gasteiger partial charge in [-0.15, -0.1) is 0 Å². The first-order valence-corrected chi connectivity index (χ1v) is 6.23. The lowest BCUT2D eigenvalue weighted by atomic mass is 9.90. The molecule has 0 amide bonds. The largest absolute Gasteiger partial charge is 0.391 e. The van der Waals surface area contributed by atoms with Gasteiger partial charge < -0.3 is 10.2 Å². The van der Waals surface area contributed by atoms with Crippen molar-refractivity contribution in [3.8, 4) is 0 Å². The second kappa shape index (κ2) is 4.42. The third-order valence-corrected chi connectivity index (χ3v) is 3.67. The summed E-state index contributed by atoms with van der Waals surface area (Å²) in [6.07, 6.45) is 13.5. The minimum atomic E-state index is 0.263. The highest BCUT2D eigenvalue weighted by atomic mass is 16.6. The minimum absolute atomic E-state index is 0.263. The lowest BCUT2D eigenvalue weighted by molar-refractivity contribution is 0.0557. The molecule has 0 bridgehead atoms. The number of hydrogen-bond acceptors (Lipinski definition) is 3.